The minimum atomic E-state index is -0.218. The maximum atomic E-state index is 10.1. The minimum absolute atomic E-state index is 0.218. The van der Waals surface area contributed by atoms with Crippen molar-refractivity contribution in [2.45, 2.75) is 38.2 Å². The number of ether oxygens (including phenoxy) is 1. The Bertz CT molecular complexity index is 426. The lowest BCUT2D eigenvalue weighted by atomic mass is 10.0. The van der Waals surface area contributed by atoms with Gasteiger partial charge in [-0.15, -0.1) is 0 Å². The number of fused-ring (bicyclic) bond motifs is 1. The molecule has 1 fully saturated rings. The molecule has 0 saturated heterocycles. The first-order valence-corrected chi connectivity index (χ1v) is 7.14. The Labute approximate surface area is 110 Å². The lowest BCUT2D eigenvalue weighted by Crippen LogP contribution is -2.12. The van der Waals surface area contributed by atoms with Crippen molar-refractivity contribution in [2.75, 3.05) is 6.61 Å². The van der Waals surface area contributed by atoms with E-state index >= 15 is 0 Å². The van der Waals surface area contributed by atoms with Crippen LogP contribution in [0.5, 0.6) is 5.75 Å². The maximum absolute atomic E-state index is 10.1. The number of benzene rings is 1. The van der Waals surface area contributed by atoms with Gasteiger partial charge in [-0.05, 0) is 35.6 Å². The smallest absolute Gasteiger partial charge is 0.125 e. The van der Waals surface area contributed by atoms with Crippen LogP contribution in [0, 0.1) is 5.92 Å². The van der Waals surface area contributed by atoms with Crippen LogP contribution in [0.1, 0.15) is 30.4 Å². The van der Waals surface area contributed by atoms with Gasteiger partial charge in [0.25, 0.3) is 0 Å². The molecule has 0 bridgehead atoms. The summed E-state index contributed by atoms with van der Waals surface area (Å²) in [5.41, 5.74) is 2.42. The zero-order chi connectivity index (χ0) is 11.8. The third-order valence-electron chi connectivity index (χ3n) is 3.58. The van der Waals surface area contributed by atoms with Crippen LogP contribution in [0.15, 0.2) is 16.6 Å². The lowest BCUT2D eigenvalue weighted by Gasteiger charge is -2.13. The second-order valence-electron chi connectivity index (χ2n) is 5.19. The molecule has 2 aliphatic rings. The highest BCUT2D eigenvalue weighted by atomic mass is 79.9. The van der Waals surface area contributed by atoms with Gasteiger partial charge in [-0.3, -0.25) is 0 Å². The van der Waals surface area contributed by atoms with Gasteiger partial charge in [0.1, 0.15) is 5.75 Å². The number of hydrogen-bond donors (Lipinski definition) is 1. The van der Waals surface area contributed by atoms with Gasteiger partial charge in [0.15, 0.2) is 0 Å². The predicted octanol–water partition coefficient (Wildman–Crippen LogP) is 3.09. The minimum Gasteiger partial charge on any atom is -0.493 e. The van der Waals surface area contributed by atoms with Gasteiger partial charge in [0, 0.05) is 17.3 Å². The average molecular weight is 297 g/mol. The van der Waals surface area contributed by atoms with Crippen LogP contribution in [0.25, 0.3) is 0 Å². The first kappa shape index (κ1) is 11.5. The molecule has 1 unspecified atom stereocenters. The van der Waals surface area contributed by atoms with E-state index in [9.17, 15) is 5.11 Å². The molecular weight excluding hydrogens is 280 g/mol. The van der Waals surface area contributed by atoms with Crippen LogP contribution >= 0.6 is 15.9 Å². The molecule has 0 aromatic heterocycles. The van der Waals surface area contributed by atoms with E-state index in [0.717, 1.165) is 47.6 Å². The van der Waals surface area contributed by atoms with Gasteiger partial charge >= 0.3 is 0 Å². The summed E-state index contributed by atoms with van der Waals surface area (Å²) in [7, 11) is 0. The molecule has 1 saturated carbocycles. The Morgan fingerprint density at radius 1 is 1.41 bits per heavy atom. The van der Waals surface area contributed by atoms with Crippen LogP contribution in [0.3, 0.4) is 0 Å². The number of halogens is 1. The zero-order valence-electron chi connectivity index (χ0n) is 9.79. The van der Waals surface area contributed by atoms with Gasteiger partial charge in [0.05, 0.1) is 12.7 Å². The molecule has 0 amide bonds. The summed E-state index contributed by atoms with van der Waals surface area (Å²) in [6, 6.07) is 4.21. The largest absolute Gasteiger partial charge is 0.493 e. The lowest BCUT2D eigenvalue weighted by molar-refractivity contribution is 0.157. The monoisotopic (exact) mass is 296 g/mol. The Morgan fingerprint density at radius 2 is 2.24 bits per heavy atom. The van der Waals surface area contributed by atoms with Crippen molar-refractivity contribution in [1.29, 1.82) is 0 Å². The van der Waals surface area contributed by atoms with E-state index in [4.69, 9.17) is 4.74 Å². The normalized spacial score (nSPS) is 19.9. The summed E-state index contributed by atoms with van der Waals surface area (Å²) >= 11 is 3.53. The SMILES string of the molecule is OC(Cc1cc(Br)cc2c1OCC2)CC1CC1. The standard InChI is InChI=1S/C14H17BrO2/c15-12-6-10-3-4-17-14(10)11(7-12)8-13(16)5-9-1-2-9/h6-7,9,13,16H,1-5,8H2. The fraction of sp³-hybridized carbons (Fsp3) is 0.571. The van der Waals surface area contributed by atoms with Crippen molar-refractivity contribution in [1.82, 2.24) is 0 Å². The quantitative estimate of drug-likeness (QED) is 0.925. The van der Waals surface area contributed by atoms with Crippen LogP contribution in [-0.4, -0.2) is 17.8 Å². The predicted molar refractivity (Wildman–Crippen MR) is 70.4 cm³/mol. The summed E-state index contributed by atoms with van der Waals surface area (Å²) in [6.45, 7) is 0.775. The first-order valence-electron chi connectivity index (χ1n) is 6.34. The summed E-state index contributed by atoms with van der Waals surface area (Å²) in [5.74, 6) is 1.79. The fourth-order valence-corrected chi connectivity index (χ4v) is 3.13. The molecule has 0 spiro atoms. The zero-order valence-corrected chi connectivity index (χ0v) is 11.4. The molecule has 1 aliphatic carbocycles. The molecule has 1 aliphatic heterocycles. The van der Waals surface area contributed by atoms with Crippen LogP contribution < -0.4 is 4.74 Å². The van der Waals surface area contributed by atoms with Gasteiger partial charge < -0.3 is 9.84 Å². The molecule has 1 heterocycles. The third kappa shape index (κ3) is 2.66. The van der Waals surface area contributed by atoms with E-state index in [0.29, 0.717) is 0 Å². The number of aliphatic hydroxyl groups is 1. The molecule has 92 valence electrons. The summed E-state index contributed by atoms with van der Waals surface area (Å²) < 4.78 is 6.77. The van der Waals surface area contributed by atoms with E-state index < -0.39 is 0 Å². The van der Waals surface area contributed by atoms with Gasteiger partial charge in [-0.25, -0.2) is 0 Å². The fourth-order valence-electron chi connectivity index (χ4n) is 2.57. The van der Waals surface area contributed by atoms with E-state index in [-0.39, 0.29) is 6.10 Å². The van der Waals surface area contributed by atoms with Gasteiger partial charge in [0.2, 0.25) is 0 Å². The summed E-state index contributed by atoms with van der Waals surface area (Å²) in [4.78, 5) is 0. The first-order chi connectivity index (χ1) is 8.22. The van der Waals surface area contributed by atoms with Crippen LogP contribution in [-0.2, 0) is 12.8 Å². The summed E-state index contributed by atoms with van der Waals surface area (Å²) in [5, 5.41) is 10.1. The van der Waals surface area contributed by atoms with Gasteiger partial charge in [-0.2, -0.15) is 0 Å². The number of rotatable bonds is 4. The molecular formula is C14H17BrO2. The summed E-state index contributed by atoms with van der Waals surface area (Å²) in [6.07, 6.45) is 5.03. The molecule has 1 atom stereocenters. The molecule has 17 heavy (non-hydrogen) atoms. The third-order valence-corrected chi connectivity index (χ3v) is 4.04. The van der Waals surface area contributed by atoms with E-state index in [2.05, 4.69) is 28.1 Å². The van der Waals surface area contributed by atoms with Crippen LogP contribution in [0.2, 0.25) is 0 Å². The van der Waals surface area contributed by atoms with Crippen molar-refractivity contribution in [3.63, 3.8) is 0 Å². The average Bonchev–Trinajstić information content (AvgIpc) is 2.94. The highest BCUT2D eigenvalue weighted by Crippen LogP contribution is 2.37. The second kappa shape index (κ2) is 4.62. The van der Waals surface area contributed by atoms with Crippen LogP contribution in [0.4, 0.5) is 0 Å². The second-order valence-corrected chi connectivity index (χ2v) is 6.10. The highest BCUT2D eigenvalue weighted by Gasteiger charge is 2.26. The van der Waals surface area contributed by atoms with E-state index in [1.54, 1.807) is 0 Å². The Kier molecular flexibility index (Phi) is 3.14. The Hall–Kier alpha value is -0.540. The molecule has 0 radical (unpaired) electrons. The molecule has 3 rings (SSSR count). The van der Waals surface area contributed by atoms with Crippen molar-refractivity contribution >= 4 is 15.9 Å². The highest BCUT2D eigenvalue weighted by molar-refractivity contribution is 9.10. The maximum Gasteiger partial charge on any atom is 0.125 e. The molecule has 1 aromatic rings. The van der Waals surface area contributed by atoms with Crippen molar-refractivity contribution in [3.8, 4) is 5.75 Å². The molecule has 2 nitrogen and oxygen atoms in total. The molecule has 3 heteroatoms. The van der Waals surface area contributed by atoms with Crippen molar-refractivity contribution < 1.29 is 9.84 Å². The number of aliphatic hydroxyl groups excluding tert-OH is 1. The topological polar surface area (TPSA) is 29.5 Å². The Morgan fingerprint density at radius 3 is 3.00 bits per heavy atom. The number of hydrogen-bond acceptors (Lipinski definition) is 2. The van der Waals surface area contributed by atoms with E-state index in [1.807, 2.05) is 0 Å². The Balaban J connectivity index is 1.77. The van der Waals surface area contributed by atoms with Gasteiger partial charge in [-0.1, -0.05) is 28.8 Å². The molecule has 1 N–H and O–H groups in total. The van der Waals surface area contributed by atoms with Crippen molar-refractivity contribution in [3.05, 3.63) is 27.7 Å². The van der Waals surface area contributed by atoms with E-state index in [1.165, 1.54) is 18.4 Å². The molecule has 1 aromatic carbocycles. The van der Waals surface area contributed by atoms with Crippen molar-refractivity contribution in [2.24, 2.45) is 5.92 Å².